The second-order valence-corrected chi connectivity index (χ2v) is 5.50. The van der Waals surface area contributed by atoms with E-state index in [1.54, 1.807) is 0 Å². The maximum absolute atomic E-state index is 9.99. The van der Waals surface area contributed by atoms with Crippen molar-refractivity contribution >= 4 is 17.3 Å². The molecule has 2 aromatic rings. The molecule has 0 saturated heterocycles. The Hall–Kier alpha value is -1.71. The number of halogens is 1. The van der Waals surface area contributed by atoms with Gasteiger partial charge in [0.25, 0.3) is 0 Å². The van der Waals surface area contributed by atoms with Gasteiger partial charge in [-0.2, -0.15) is 0 Å². The quantitative estimate of drug-likeness (QED) is 0.853. The number of anilines is 1. The third-order valence-electron chi connectivity index (χ3n) is 3.17. The van der Waals surface area contributed by atoms with Crippen molar-refractivity contribution in [2.24, 2.45) is 0 Å². The van der Waals surface area contributed by atoms with Crippen molar-refractivity contribution in [2.75, 3.05) is 18.5 Å². The van der Waals surface area contributed by atoms with Crippen LogP contribution in [0.3, 0.4) is 0 Å². The number of para-hydroxylation sites is 1. The number of hydrogen-bond donors (Lipinski definition) is 2. The van der Waals surface area contributed by atoms with Crippen LogP contribution in [-0.2, 0) is 0 Å². The third kappa shape index (κ3) is 4.66. The molecule has 4 heteroatoms. The van der Waals surface area contributed by atoms with Crippen LogP contribution in [0.4, 0.5) is 5.69 Å². The molecule has 0 aromatic heterocycles. The summed E-state index contributed by atoms with van der Waals surface area (Å²) in [4.78, 5) is 0. The largest absolute Gasteiger partial charge is 0.491 e. The summed E-state index contributed by atoms with van der Waals surface area (Å²) in [5.74, 6) is 0.796. The molecule has 2 aromatic carbocycles. The zero-order valence-electron chi connectivity index (χ0n) is 12.3. The number of aryl methyl sites for hydroxylation is 2. The van der Waals surface area contributed by atoms with E-state index in [2.05, 4.69) is 5.32 Å². The highest BCUT2D eigenvalue weighted by molar-refractivity contribution is 6.33. The fraction of sp³-hybridized carbons (Fsp3) is 0.294. The Kier molecular flexibility index (Phi) is 5.48. The minimum atomic E-state index is -0.610. The van der Waals surface area contributed by atoms with Crippen molar-refractivity contribution in [3.63, 3.8) is 0 Å². The smallest absolute Gasteiger partial charge is 0.122 e. The summed E-state index contributed by atoms with van der Waals surface area (Å²) in [5.41, 5.74) is 3.00. The van der Waals surface area contributed by atoms with Gasteiger partial charge in [-0.25, -0.2) is 0 Å². The van der Waals surface area contributed by atoms with Crippen LogP contribution in [0.1, 0.15) is 11.1 Å². The van der Waals surface area contributed by atoms with Crippen molar-refractivity contribution in [3.05, 3.63) is 58.6 Å². The molecule has 1 atom stereocenters. The molecule has 0 bridgehead atoms. The van der Waals surface area contributed by atoms with E-state index in [4.69, 9.17) is 16.3 Å². The summed E-state index contributed by atoms with van der Waals surface area (Å²) in [7, 11) is 0. The highest BCUT2D eigenvalue weighted by atomic mass is 35.5. The van der Waals surface area contributed by atoms with Crippen LogP contribution in [0, 0.1) is 13.8 Å². The molecule has 0 heterocycles. The normalized spacial score (nSPS) is 12.0. The number of aliphatic hydroxyl groups excluding tert-OH is 1. The van der Waals surface area contributed by atoms with Crippen LogP contribution < -0.4 is 10.1 Å². The van der Waals surface area contributed by atoms with Crippen molar-refractivity contribution in [1.29, 1.82) is 0 Å². The molecule has 0 aliphatic carbocycles. The highest BCUT2D eigenvalue weighted by Gasteiger charge is 2.08. The lowest BCUT2D eigenvalue weighted by atomic mass is 10.2. The number of benzene rings is 2. The van der Waals surface area contributed by atoms with E-state index in [1.807, 2.05) is 56.3 Å². The maximum Gasteiger partial charge on any atom is 0.122 e. The second kappa shape index (κ2) is 7.34. The topological polar surface area (TPSA) is 41.5 Å². The Balaban J connectivity index is 1.84. The van der Waals surface area contributed by atoms with Crippen molar-refractivity contribution in [1.82, 2.24) is 0 Å². The van der Waals surface area contributed by atoms with E-state index in [0.29, 0.717) is 11.6 Å². The van der Waals surface area contributed by atoms with Gasteiger partial charge in [0.15, 0.2) is 0 Å². The molecular weight excluding hydrogens is 286 g/mol. The van der Waals surface area contributed by atoms with Crippen LogP contribution in [-0.4, -0.2) is 24.4 Å². The minimum Gasteiger partial charge on any atom is -0.491 e. The summed E-state index contributed by atoms with van der Waals surface area (Å²) < 4.78 is 5.62. The lowest BCUT2D eigenvalue weighted by Crippen LogP contribution is -2.26. The molecule has 0 aliphatic heterocycles. The second-order valence-electron chi connectivity index (χ2n) is 5.09. The van der Waals surface area contributed by atoms with Crippen molar-refractivity contribution in [2.45, 2.75) is 20.0 Å². The van der Waals surface area contributed by atoms with Crippen LogP contribution in [0.2, 0.25) is 5.02 Å². The monoisotopic (exact) mass is 305 g/mol. The molecule has 2 N–H and O–H groups in total. The first kappa shape index (κ1) is 15.7. The molecule has 0 radical (unpaired) electrons. The minimum absolute atomic E-state index is 0.237. The Labute approximate surface area is 130 Å². The maximum atomic E-state index is 9.99. The predicted molar refractivity (Wildman–Crippen MR) is 87.4 cm³/mol. The van der Waals surface area contributed by atoms with Gasteiger partial charge < -0.3 is 15.2 Å². The fourth-order valence-corrected chi connectivity index (χ4v) is 2.15. The van der Waals surface area contributed by atoms with Gasteiger partial charge in [-0.05, 0) is 43.2 Å². The van der Waals surface area contributed by atoms with Crippen LogP contribution >= 0.6 is 11.6 Å². The molecule has 0 aliphatic rings. The third-order valence-corrected chi connectivity index (χ3v) is 3.50. The summed E-state index contributed by atoms with van der Waals surface area (Å²) in [6.45, 7) is 4.60. The highest BCUT2D eigenvalue weighted by Crippen LogP contribution is 2.22. The average molecular weight is 306 g/mol. The molecule has 0 fully saturated rings. The van der Waals surface area contributed by atoms with Gasteiger partial charge in [0, 0.05) is 6.54 Å². The SMILES string of the molecule is Cc1ccc(Cl)c(NCC(O)COc2ccccc2C)c1. The van der Waals surface area contributed by atoms with Crippen LogP contribution in [0.15, 0.2) is 42.5 Å². The van der Waals surface area contributed by atoms with Crippen molar-refractivity contribution < 1.29 is 9.84 Å². The summed E-state index contributed by atoms with van der Waals surface area (Å²) in [6, 6.07) is 13.5. The first-order valence-electron chi connectivity index (χ1n) is 6.93. The molecule has 2 rings (SSSR count). The Morgan fingerprint density at radius 1 is 1.19 bits per heavy atom. The van der Waals surface area contributed by atoms with E-state index in [9.17, 15) is 5.11 Å². The van der Waals surface area contributed by atoms with Gasteiger partial charge in [0.2, 0.25) is 0 Å². The van der Waals surface area contributed by atoms with E-state index in [1.165, 1.54) is 0 Å². The van der Waals surface area contributed by atoms with E-state index >= 15 is 0 Å². The van der Waals surface area contributed by atoms with E-state index in [-0.39, 0.29) is 6.61 Å². The Morgan fingerprint density at radius 2 is 1.95 bits per heavy atom. The fourth-order valence-electron chi connectivity index (χ4n) is 1.97. The molecule has 0 spiro atoms. The van der Waals surface area contributed by atoms with Gasteiger partial charge in [0.1, 0.15) is 18.5 Å². The zero-order chi connectivity index (χ0) is 15.2. The van der Waals surface area contributed by atoms with Crippen molar-refractivity contribution in [3.8, 4) is 5.75 Å². The van der Waals surface area contributed by atoms with Gasteiger partial charge in [0.05, 0.1) is 10.7 Å². The molecule has 21 heavy (non-hydrogen) atoms. The number of rotatable bonds is 6. The molecule has 3 nitrogen and oxygen atoms in total. The summed E-state index contributed by atoms with van der Waals surface area (Å²) >= 11 is 6.10. The van der Waals surface area contributed by atoms with E-state index in [0.717, 1.165) is 22.6 Å². The molecule has 1 unspecified atom stereocenters. The number of hydrogen-bond acceptors (Lipinski definition) is 3. The predicted octanol–water partition coefficient (Wildman–Crippen LogP) is 3.81. The number of aliphatic hydroxyl groups is 1. The lowest BCUT2D eigenvalue weighted by Gasteiger charge is -2.16. The van der Waals surface area contributed by atoms with Gasteiger partial charge in [-0.3, -0.25) is 0 Å². The van der Waals surface area contributed by atoms with E-state index < -0.39 is 6.10 Å². The first-order chi connectivity index (χ1) is 10.1. The number of nitrogens with one attached hydrogen (secondary N) is 1. The lowest BCUT2D eigenvalue weighted by molar-refractivity contribution is 0.117. The molecule has 112 valence electrons. The van der Waals surface area contributed by atoms with Crippen LogP contribution in [0.25, 0.3) is 0 Å². The Morgan fingerprint density at radius 3 is 2.71 bits per heavy atom. The molecular formula is C17H20ClNO2. The van der Waals surface area contributed by atoms with Gasteiger partial charge in [-0.1, -0.05) is 35.9 Å². The van der Waals surface area contributed by atoms with Crippen LogP contribution in [0.5, 0.6) is 5.75 Å². The summed E-state index contributed by atoms with van der Waals surface area (Å²) in [6.07, 6.45) is -0.610. The Bertz CT molecular complexity index is 601. The standard InChI is InChI=1S/C17H20ClNO2/c1-12-7-8-15(18)16(9-12)19-10-14(20)11-21-17-6-4-3-5-13(17)2/h3-9,14,19-20H,10-11H2,1-2H3. The summed E-state index contributed by atoms with van der Waals surface area (Å²) in [5, 5.41) is 13.8. The van der Waals surface area contributed by atoms with Gasteiger partial charge >= 0.3 is 0 Å². The molecule has 0 amide bonds. The zero-order valence-corrected chi connectivity index (χ0v) is 13.0. The molecule has 0 saturated carbocycles. The first-order valence-corrected chi connectivity index (χ1v) is 7.30. The average Bonchev–Trinajstić information content (AvgIpc) is 2.47. The number of ether oxygens (including phenoxy) is 1. The van der Waals surface area contributed by atoms with Gasteiger partial charge in [-0.15, -0.1) is 0 Å².